The molecule has 1 aliphatic rings. The summed E-state index contributed by atoms with van der Waals surface area (Å²) in [7, 11) is -3.92. The summed E-state index contributed by atoms with van der Waals surface area (Å²) in [5.74, 6) is -0.932. The first-order valence-electron chi connectivity index (χ1n) is 8.95. The molecule has 0 bridgehead atoms. The van der Waals surface area contributed by atoms with Crippen molar-refractivity contribution in [1.29, 1.82) is 0 Å². The summed E-state index contributed by atoms with van der Waals surface area (Å²) in [4.78, 5) is 12.9. The average Bonchev–Trinajstić information content (AvgIpc) is 2.76. The van der Waals surface area contributed by atoms with Crippen LogP contribution in [0.2, 0.25) is 5.02 Å². The molecule has 30 heavy (non-hydrogen) atoms. The summed E-state index contributed by atoms with van der Waals surface area (Å²) < 4.78 is 46.7. The van der Waals surface area contributed by atoms with E-state index >= 15 is 0 Å². The second-order valence-electron chi connectivity index (χ2n) is 6.54. The van der Waals surface area contributed by atoms with Crippen LogP contribution in [0.15, 0.2) is 77.7 Å². The Balaban J connectivity index is 1.66. The number of ether oxygens (including phenoxy) is 1. The lowest BCUT2D eigenvalue weighted by Gasteiger charge is -2.34. The fourth-order valence-corrected chi connectivity index (χ4v) is 4.76. The number of sulfonamides is 1. The number of amides is 1. The predicted molar refractivity (Wildman–Crippen MR) is 112 cm³/mol. The van der Waals surface area contributed by atoms with E-state index in [1.54, 1.807) is 42.5 Å². The third-order valence-corrected chi connectivity index (χ3v) is 6.63. The van der Waals surface area contributed by atoms with Gasteiger partial charge in [-0.2, -0.15) is 0 Å². The fourth-order valence-electron chi connectivity index (χ4n) is 3.08. The Labute approximate surface area is 177 Å². The molecule has 1 N–H and O–H groups in total. The summed E-state index contributed by atoms with van der Waals surface area (Å²) in [6.07, 6.45) is -1.12. The topological polar surface area (TPSA) is 75.7 Å². The largest absolute Gasteiger partial charge is 0.476 e. The Morgan fingerprint density at radius 2 is 1.77 bits per heavy atom. The normalized spacial score (nSPS) is 15.8. The molecule has 0 radical (unpaired) electrons. The number of anilines is 2. The van der Waals surface area contributed by atoms with Crippen LogP contribution in [0, 0.1) is 5.82 Å². The molecule has 1 amide bonds. The van der Waals surface area contributed by atoms with E-state index in [1.165, 1.54) is 24.3 Å². The molecular weight excluding hydrogens is 431 g/mol. The Kier molecular flexibility index (Phi) is 5.36. The van der Waals surface area contributed by atoms with Crippen molar-refractivity contribution in [3.8, 4) is 5.75 Å². The lowest BCUT2D eigenvalue weighted by atomic mass is 10.2. The molecule has 0 spiro atoms. The number of hydrogen-bond donors (Lipinski definition) is 1. The molecule has 154 valence electrons. The summed E-state index contributed by atoms with van der Waals surface area (Å²) in [5, 5.41) is 2.44. The standard InChI is InChI=1S/C21H16ClFN2O4S/c22-16-12-14(10-11-17(16)23)24-21(26)20-13-25(18-8-4-5-9-19(18)29-20)30(27,28)15-6-2-1-3-7-15/h1-12,20H,13H2,(H,24,26)/t20-/m1/s1. The van der Waals surface area contributed by atoms with Gasteiger partial charge in [0.25, 0.3) is 15.9 Å². The average molecular weight is 447 g/mol. The molecular formula is C21H16ClFN2O4S. The van der Waals surface area contributed by atoms with Gasteiger partial charge >= 0.3 is 0 Å². The number of rotatable bonds is 4. The van der Waals surface area contributed by atoms with Gasteiger partial charge in [0, 0.05) is 5.69 Å². The van der Waals surface area contributed by atoms with Crippen molar-refractivity contribution in [1.82, 2.24) is 0 Å². The molecule has 0 fully saturated rings. The van der Waals surface area contributed by atoms with E-state index in [9.17, 15) is 17.6 Å². The van der Waals surface area contributed by atoms with Crippen LogP contribution in [0.25, 0.3) is 0 Å². The number of benzene rings is 3. The van der Waals surface area contributed by atoms with Crippen molar-refractivity contribution in [2.75, 3.05) is 16.2 Å². The highest BCUT2D eigenvalue weighted by atomic mass is 35.5. The number of carbonyl (C=O) groups is 1. The van der Waals surface area contributed by atoms with E-state index in [0.717, 1.165) is 10.4 Å². The van der Waals surface area contributed by atoms with Crippen LogP contribution in [0.1, 0.15) is 0 Å². The Bertz CT molecular complexity index is 1200. The maximum atomic E-state index is 13.4. The summed E-state index contributed by atoms with van der Waals surface area (Å²) >= 11 is 5.76. The third-order valence-electron chi connectivity index (χ3n) is 4.55. The SMILES string of the molecule is O=C(Nc1ccc(F)c(Cl)c1)[C@H]1CN(S(=O)(=O)c2ccccc2)c2ccccc2O1. The highest BCUT2D eigenvalue weighted by Crippen LogP contribution is 2.37. The van der Waals surface area contributed by atoms with Crippen LogP contribution in [-0.4, -0.2) is 27.0 Å². The minimum Gasteiger partial charge on any atom is -0.476 e. The molecule has 0 saturated heterocycles. The number of para-hydroxylation sites is 2. The van der Waals surface area contributed by atoms with Crippen LogP contribution in [0.4, 0.5) is 15.8 Å². The summed E-state index contributed by atoms with van der Waals surface area (Å²) in [5.41, 5.74) is 0.613. The molecule has 4 rings (SSSR count). The first kappa shape index (κ1) is 20.2. The zero-order valence-electron chi connectivity index (χ0n) is 15.5. The second kappa shape index (κ2) is 7.97. The molecule has 0 saturated carbocycles. The number of fused-ring (bicyclic) bond motifs is 1. The molecule has 1 atom stereocenters. The fraction of sp³-hybridized carbons (Fsp3) is 0.0952. The molecule has 0 aromatic heterocycles. The zero-order chi connectivity index (χ0) is 21.3. The van der Waals surface area contributed by atoms with E-state index in [0.29, 0.717) is 5.69 Å². The molecule has 3 aromatic carbocycles. The Morgan fingerprint density at radius 1 is 1.07 bits per heavy atom. The first-order chi connectivity index (χ1) is 14.4. The zero-order valence-corrected chi connectivity index (χ0v) is 17.0. The van der Waals surface area contributed by atoms with Gasteiger partial charge in [0.05, 0.1) is 22.2 Å². The highest BCUT2D eigenvalue weighted by Gasteiger charge is 2.37. The van der Waals surface area contributed by atoms with Gasteiger partial charge in [-0.25, -0.2) is 12.8 Å². The molecule has 1 aliphatic heterocycles. The molecule has 0 unspecified atom stereocenters. The van der Waals surface area contributed by atoms with Gasteiger partial charge in [-0.05, 0) is 42.5 Å². The lowest BCUT2D eigenvalue weighted by molar-refractivity contribution is -0.122. The van der Waals surface area contributed by atoms with E-state index in [4.69, 9.17) is 16.3 Å². The Hall–Kier alpha value is -3.10. The van der Waals surface area contributed by atoms with Crippen LogP contribution in [-0.2, 0) is 14.8 Å². The summed E-state index contributed by atoms with van der Waals surface area (Å²) in [6.45, 7) is -0.227. The van der Waals surface area contributed by atoms with Gasteiger partial charge in [-0.1, -0.05) is 41.9 Å². The number of carbonyl (C=O) groups excluding carboxylic acids is 1. The monoisotopic (exact) mass is 446 g/mol. The van der Waals surface area contributed by atoms with Gasteiger partial charge in [0.15, 0.2) is 6.10 Å². The smallest absolute Gasteiger partial charge is 0.267 e. The van der Waals surface area contributed by atoms with Crippen LogP contribution < -0.4 is 14.4 Å². The van der Waals surface area contributed by atoms with E-state index in [-0.39, 0.29) is 27.9 Å². The van der Waals surface area contributed by atoms with Gasteiger partial charge in [0.1, 0.15) is 11.6 Å². The minimum absolute atomic E-state index is 0.103. The van der Waals surface area contributed by atoms with Crippen molar-refractivity contribution in [3.63, 3.8) is 0 Å². The van der Waals surface area contributed by atoms with Crippen LogP contribution in [0.3, 0.4) is 0 Å². The first-order valence-corrected chi connectivity index (χ1v) is 10.8. The quantitative estimate of drug-likeness (QED) is 0.655. The number of nitrogens with one attached hydrogen (secondary N) is 1. The van der Waals surface area contributed by atoms with Gasteiger partial charge < -0.3 is 10.1 Å². The molecule has 0 aliphatic carbocycles. The predicted octanol–water partition coefficient (Wildman–Crippen LogP) is 4.07. The van der Waals surface area contributed by atoms with Crippen molar-refractivity contribution in [2.24, 2.45) is 0 Å². The van der Waals surface area contributed by atoms with Crippen molar-refractivity contribution >= 4 is 38.9 Å². The maximum absolute atomic E-state index is 13.4. The minimum atomic E-state index is -3.92. The summed E-state index contributed by atoms with van der Waals surface area (Å²) in [6, 6.07) is 18.3. The number of nitrogens with zero attached hydrogens (tertiary/aromatic N) is 1. The van der Waals surface area contributed by atoms with E-state index < -0.39 is 27.9 Å². The van der Waals surface area contributed by atoms with Crippen molar-refractivity contribution in [3.05, 3.63) is 83.6 Å². The molecule has 9 heteroatoms. The number of hydrogen-bond acceptors (Lipinski definition) is 4. The van der Waals surface area contributed by atoms with E-state index in [2.05, 4.69) is 5.32 Å². The van der Waals surface area contributed by atoms with E-state index in [1.807, 2.05) is 0 Å². The molecule has 6 nitrogen and oxygen atoms in total. The number of halogens is 2. The van der Waals surface area contributed by atoms with Gasteiger partial charge in [-0.3, -0.25) is 9.10 Å². The lowest BCUT2D eigenvalue weighted by Crippen LogP contribution is -2.48. The van der Waals surface area contributed by atoms with Crippen molar-refractivity contribution in [2.45, 2.75) is 11.0 Å². The van der Waals surface area contributed by atoms with Crippen molar-refractivity contribution < 1.29 is 22.3 Å². The van der Waals surface area contributed by atoms with Gasteiger partial charge in [0.2, 0.25) is 0 Å². The van der Waals surface area contributed by atoms with Gasteiger partial charge in [-0.15, -0.1) is 0 Å². The Morgan fingerprint density at radius 3 is 2.50 bits per heavy atom. The third kappa shape index (κ3) is 3.83. The molecule has 3 aromatic rings. The maximum Gasteiger partial charge on any atom is 0.267 e. The molecule has 1 heterocycles. The highest BCUT2D eigenvalue weighted by molar-refractivity contribution is 7.92. The van der Waals surface area contributed by atoms with Crippen LogP contribution >= 0.6 is 11.6 Å². The van der Waals surface area contributed by atoms with Crippen LogP contribution in [0.5, 0.6) is 5.75 Å². The second-order valence-corrected chi connectivity index (χ2v) is 8.81.